The van der Waals surface area contributed by atoms with E-state index in [0.29, 0.717) is 43.1 Å². The Labute approximate surface area is 168 Å². The summed E-state index contributed by atoms with van der Waals surface area (Å²) < 4.78 is 19.2. The molecule has 5 heteroatoms. The smallest absolute Gasteiger partial charge is 0.227 e. The first-order chi connectivity index (χ1) is 13.5. The summed E-state index contributed by atoms with van der Waals surface area (Å²) in [6.45, 7) is 6.54. The largest absolute Gasteiger partial charge is 0.383 e. The lowest BCUT2D eigenvalue weighted by atomic mass is 9.69. The number of methoxy groups -OCH3 is 1. The molecule has 2 heterocycles. The highest BCUT2D eigenvalue weighted by atomic mass is 19.1. The molecule has 1 amide bonds. The highest BCUT2D eigenvalue weighted by molar-refractivity contribution is 5.84. The van der Waals surface area contributed by atoms with Crippen molar-refractivity contribution in [2.45, 2.75) is 64.5 Å². The van der Waals surface area contributed by atoms with E-state index in [2.05, 4.69) is 24.1 Å². The van der Waals surface area contributed by atoms with Crippen molar-refractivity contribution in [1.82, 2.24) is 10.2 Å². The van der Waals surface area contributed by atoms with Gasteiger partial charge < -0.3 is 10.1 Å². The number of rotatable bonds is 10. The van der Waals surface area contributed by atoms with Crippen LogP contribution in [0.2, 0.25) is 0 Å². The minimum Gasteiger partial charge on any atom is -0.383 e. The second kappa shape index (κ2) is 9.36. The van der Waals surface area contributed by atoms with Crippen LogP contribution in [0.15, 0.2) is 24.3 Å². The normalized spacial score (nSPS) is 26.9. The van der Waals surface area contributed by atoms with Gasteiger partial charge in [0, 0.05) is 32.3 Å². The maximum Gasteiger partial charge on any atom is 0.227 e. The van der Waals surface area contributed by atoms with E-state index in [9.17, 15) is 9.18 Å². The van der Waals surface area contributed by atoms with Crippen molar-refractivity contribution in [3.05, 3.63) is 35.6 Å². The fourth-order valence-electron chi connectivity index (χ4n) is 5.20. The summed E-state index contributed by atoms with van der Waals surface area (Å²) in [5.41, 5.74) is 0.351. The molecule has 0 radical (unpaired) electrons. The molecule has 0 aliphatic carbocycles. The van der Waals surface area contributed by atoms with Crippen LogP contribution in [0.4, 0.5) is 4.39 Å². The molecule has 1 aromatic carbocycles. The lowest BCUT2D eigenvalue weighted by Gasteiger charge is -2.37. The molecule has 3 rings (SSSR count). The third-order valence-corrected chi connectivity index (χ3v) is 6.69. The molecule has 0 unspecified atom stereocenters. The summed E-state index contributed by atoms with van der Waals surface area (Å²) in [7, 11) is 1.74. The minimum atomic E-state index is -0.309. The highest BCUT2D eigenvalue weighted by Crippen LogP contribution is 2.52. The molecule has 2 aliphatic rings. The maximum atomic E-state index is 13.9. The molecule has 2 bridgehead atoms. The summed E-state index contributed by atoms with van der Waals surface area (Å²) in [6, 6.07) is 7.60. The Hall–Kier alpha value is -1.46. The fraction of sp³-hybridized carbons (Fsp3) is 0.696. The van der Waals surface area contributed by atoms with Gasteiger partial charge >= 0.3 is 0 Å². The van der Waals surface area contributed by atoms with E-state index in [4.69, 9.17) is 4.74 Å². The van der Waals surface area contributed by atoms with Crippen molar-refractivity contribution < 1.29 is 13.9 Å². The van der Waals surface area contributed by atoms with Gasteiger partial charge in [0.05, 0.1) is 12.0 Å². The fourth-order valence-corrected chi connectivity index (χ4v) is 5.20. The summed E-state index contributed by atoms with van der Waals surface area (Å²) in [6.07, 6.45) is 5.73. The zero-order chi connectivity index (χ0) is 20.1. The third kappa shape index (κ3) is 4.41. The summed E-state index contributed by atoms with van der Waals surface area (Å²) in [4.78, 5) is 15.9. The van der Waals surface area contributed by atoms with E-state index >= 15 is 0 Å². The number of nitrogens with zero attached hydrogens (tertiary/aromatic N) is 1. The number of ether oxygens (including phenoxy) is 1. The Morgan fingerprint density at radius 2 is 2.14 bits per heavy atom. The first-order valence-corrected chi connectivity index (χ1v) is 10.7. The molecule has 2 saturated heterocycles. The second-order valence-corrected chi connectivity index (χ2v) is 8.87. The number of carbonyl (C=O) groups excluding carboxylic acids is 1. The molecule has 0 spiro atoms. The van der Waals surface area contributed by atoms with Gasteiger partial charge in [-0.3, -0.25) is 9.69 Å². The SMILES string of the molecule is COCCN1[C@@H]2CC[C@H]1[C@@](CCC(C)C)(C(=O)NCCc1ccccc1F)C2. The monoisotopic (exact) mass is 390 g/mol. The molecular formula is C23H35FN2O2. The second-order valence-electron chi connectivity index (χ2n) is 8.87. The van der Waals surface area contributed by atoms with Crippen LogP contribution < -0.4 is 5.32 Å². The Kier molecular flexibility index (Phi) is 7.10. The highest BCUT2D eigenvalue weighted by Gasteiger charge is 2.58. The molecule has 3 atom stereocenters. The first kappa shape index (κ1) is 21.3. The van der Waals surface area contributed by atoms with Gasteiger partial charge in [0.25, 0.3) is 0 Å². The summed E-state index contributed by atoms with van der Waals surface area (Å²) >= 11 is 0. The van der Waals surface area contributed by atoms with Crippen molar-refractivity contribution in [1.29, 1.82) is 0 Å². The molecule has 1 N–H and O–H groups in total. The van der Waals surface area contributed by atoms with E-state index in [1.165, 1.54) is 12.5 Å². The van der Waals surface area contributed by atoms with Crippen molar-refractivity contribution in [2.75, 3.05) is 26.8 Å². The van der Waals surface area contributed by atoms with Crippen LogP contribution in [0.1, 0.15) is 51.5 Å². The predicted octanol–water partition coefficient (Wildman–Crippen LogP) is 3.79. The van der Waals surface area contributed by atoms with Crippen LogP contribution in [0.5, 0.6) is 0 Å². The van der Waals surface area contributed by atoms with Crippen LogP contribution in [0, 0.1) is 17.2 Å². The Morgan fingerprint density at radius 3 is 2.86 bits per heavy atom. The summed E-state index contributed by atoms with van der Waals surface area (Å²) in [5, 5.41) is 3.16. The lowest BCUT2D eigenvalue weighted by Crippen LogP contribution is -2.50. The van der Waals surface area contributed by atoms with Crippen molar-refractivity contribution in [2.24, 2.45) is 11.3 Å². The lowest BCUT2D eigenvalue weighted by molar-refractivity contribution is -0.133. The van der Waals surface area contributed by atoms with Crippen LogP contribution in [-0.2, 0) is 16.0 Å². The van der Waals surface area contributed by atoms with Gasteiger partial charge in [-0.15, -0.1) is 0 Å². The van der Waals surface area contributed by atoms with Gasteiger partial charge in [0.15, 0.2) is 0 Å². The molecule has 2 fully saturated rings. The minimum absolute atomic E-state index is 0.166. The Morgan fingerprint density at radius 1 is 1.36 bits per heavy atom. The maximum absolute atomic E-state index is 13.9. The molecule has 2 aliphatic heterocycles. The molecule has 156 valence electrons. The number of halogens is 1. The van der Waals surface area contributed by atoms with E-state index in [-0.39, 0.29) is 17.1 Å². The number of carbonyl (C=O) groups is 1. The number of benzene rings is 1. The number of nitrogens with one attached hydrogen (secondary N) is 1. The summed E-state index contributed by atoms with van der Waals surface area (Å²) in [5.74, 6) is 0.547. The molecule has 4 nitrogen and oxygen atoms in total. The Balaban J connectivity index is 1.67. The van der Waals surface area contributed by atoms with E-state index in [0.717, 1.165) is 32.2 Å². The topological polar surface area (TPSA) is 41.6 Å². The van der Waals surface area contributed by atoms with Gasteiger partial charge in [0.2, 0.25) is 5.91 Å². The molecule has 0 saturated carbocycles. The Bertz CT molecular complexity index is 666. The number of fused-ring (bicyclic) bond motifs is 2. The number of hydrogen-bond donors (Lipinski definition) is 1. The average molecular weight is 391 g/mol. The van der Waals surface area contributed by atoms with Gasteiger partial charge in [-0.1, -0.05) is 32.0 Å². The number of amides is 1. The molecule has 0 aromatic heterocycles. The predicted molar refractivity (Wildman–Crippen MR) is 110 cm³/mol. The van der Waals surface area contributed by atoms with Crippen molar-refractivity contribution in [3.8, 4) is 0 Å². The molecule has 28 heavy (non-hydrogen) atoms. The van der Waals surface area contributed by atoms with Crippen molar-refractivity contribution in [3.63, 3.8) is 0 Å². The molecular weight excluding hydrogens is 355 g/mol. The zero-order valence-electron chi connectivity index (χ0n) is 17.5. The quantitative estimate of drug-likeness (QED) is 0.661. The van der Waals surface area contributed by atoms with Gasteiger partial charge in [-0.05, 0) is 56.1 Å². The third-order valence-electron chi connectivity index (χ3n) is 6.69. The first-order valence-electron chi connectivity index (χ1n) is 10.7. The molecule has 1 aromatic rings. The zero-order valence-corrected chi connectivity index (χ0v) is 17.5. The van der Waals surface area contributed by atoms with Crippen LogP contribution in [0.3, 0.4) is 0 Å². The standard InChI is InChI=1S/C23H35FN2O2/c1-17(2)10-12-23(16-19-8-9-21(23)26(19)14-15-28-3)22(27)25-13-11-18-6-4-5-7-20(18)24/h4-7,17,19,21H,8-16H2,1-3H3,(H,25,27)/t19-,21+,23+/m1/s1. The van der Waals surface area contributed by atoms with Crippen LogP contribution in [-0.4, -0.2) is 49.7 Å². The van der Waals surface area contributed by atoms with Gasteiger partial charge in [-0.2, -0.15) is 0 Å². The average Bonchev–Trinajstić information content (AvgIpc) is 3.21. The van der Waals surface area contributed by atoms with Crippen LogP contribution in [0.25, 0.3) is 0 Å². The van der Waals surface area contributed by atoms with E-state index in [1.807, 2.05) is 6.07 Å². The van der Waals surface area contributed by atoms with Crippen molar-refractivity contribution >= 4 is 5.91 Å². The number of hydrogen-bond acceptors (Lipinski definition) is 3. The van der Waals surface area contributed by atoms with E-state index in [1.54, 1.807) is 19.2 Å². The van der Waals surface area contributed by atoms with Gasteiger partial charge in [-0.25, -0.2) is 4.39 Å². The van der Waals surface area contributed by atoms with Crippen LogP contribution >= 0.6 is 0 Å². The van der Waals surface area contributed by atoms with E-state index < -0.39 is 0 Å². The van der Waals surface area contributed by atoms with Gasteiger partial charge in [0.1, 0.15) is 5.82 Å².